The van der Waals surface area contributed by atoms with Gasteiger partial charge in [0.2, 0.25) is 10.0 Å². The van der Waals surface area contributed by atoms with Crippen LogP contribution in [0.15, 0.2) is 65.8 Å². The molecule has 41 heavy (non-hydrogen) atoms. The minimum Gasteiger partial charge on any atom is -0.495 e. The lowest BCUT2D eigenvalue weighted by atomic mass is 10.2. The Hall–Kier alpha value is -3.54. The molecule has 0 atom stereocenters. The molecule has 0 bridgehead atoms. The zero-order chi connectivity index (χ0) is 29.7. The molecular weight excluding hydrogens is 560 g/mol. The quantitative estimate of drug-likeness (QED) is 0.202. The van der Waals surface area contributed by atoms with Gasteiger partial charge in [0.05, 0.1) is 25.7 Å². The lowest BCUT2D eigenvalue weighted by molar-refractivity contribution is 0.0985. The molecule has 0 radical (unpaired) electrons. The zero-order valence-electron chi connectivity index (χ0n) is 24.2. The molecule has 11 heteroatoms. The van der Waals surface area contributed by atoms with Crippen LogP contribution in [-0.4, -0.2) is 55.9 Å². The molecule has 0 aliphatic rings. The normalized spacial score (nSPS) is 11.9. The largest absolute Gasteiger partial charge is 0.495 e. The van der Waals surface area contributed by atoms with Gasteiger partial charge in [-0.15, -0.1) is 0 Å². The fourth-order valence-electron chi connectivity index (χ4n) is 4.45. The maximum atomic E-state index is 14.0. The average molecular weight is 597 g/mol. The molecule has 0 N–H and O–H groups in total. The topological polar surface area (TPSA) is 102 Å². The van der Waals surface area contributed by atoms with Crippen molar-refractivity contribution in [1.29, 1.82) is 0 Å². The van der Waals surface area contributed by atoms with Gasteiger partial charge in [0.1, 0.15) is 21.7 Å². The van der Waals surface area contributed by atoms with Crippen molar-refractivity contribution in [1.82, 2.24) is 14.3 Å². The monoisotopic (exact) mass is 596 g/mol. The van der Waals surface area contributed by atoms with Crippen molar-refractivity contribution in [3.8, 4) is 11.5 Å². The summed E-state index contributed by atoms with van der Waals surface area (Å²) in [6.45, 7) is 9.04. The summed E-state index contributed by atoms with van der Waals surface area (Å²) in [5.74, 6) is 1.23. The Labute approximate surface area is 245 Å². The van der Waals surface area contributed by atoms with Crippen LogP contribution < -0.4 is 14.4 Å². The van der Waals surface area contributed by atoms with Gasteiger partial charge in [-0.3, -0.25) is 14.7 Å². The number of thiazole rings is 1. The van der Waals surface area contributed by atoms with E-state index in [-0.39, 0.29) is 29.2 Å². The lowest BCUT2D eigenvalue weighted by Gasteiger charge is -2.26. The van der Waals surface area contributed by atoms with E-state index in [0.29, 0.717) is 40.8 Å². The molecule has 0 saturated heterocycles. The summed E-state index contributed by atoms with van der Waals surface area (Å²) < 4.78 is 40.3. The number of ether oxygens (including phenoxy) is 2. The standard InChI is InChI=1S/C30H36N4O5S2/c1-20(2)17-33(18-21(3)4)41(36,37)24-11-9-23(10-12-24)29(35)34(19-22-8-7-15-31-16-22)30-32-27-25(38-5)13-14-26(39-6)28(27)40-30/h7-16,20-21H,17-19H2,1-6H3. The molecule has 0 unspecified atom stereocenters. The summed E-state index contributed by atoms with van der Waals surface area (Å²) in [4.78, 5) is 24.6. The van der Waals surface area contributed by atoms with Crippen molar-refractivity contribution in [3.05, 3.63) is 72.1 Å². The molecule has 1 amide bonds. The van der Waals surface area contributed by atoms with Crippen molar-refractivity contribution in [2.75, 3.05) is 32.2 Å². The first-order chi connectivity index (χ1) is 19.5. The SMILES string of the molecule is COc1ccc(OC)c2sc(N(Cc3cccnc3)C(=O)c3ccc(S(=O)(=O)N(CC(C)C)CC(C)C)cc3)nc12. The predicted molar refractivity (Wildman–Crippen MR) is 162 cm³/mol. The number of carbonyl (C=O) groups excluding carboxylic acids is 1. The van der Waals surface area contributed by atoms with Crippen molar-refractivity contribution < 1.29 is 22.7 Å². The summed E-state index contributed by atoms with van der Waals surface area (Å²) in [6, 6.07) is 13.4. The van der Waals surface area contributed by atoms with Crippen molar-refractivity contribution >= 4 is 42.6 Å². The van der Waals surface area contributed by atoms with E-state index in [2.05, 4.69) is 4.98 Å². The first-order valence-electron chi connectivity index (χ1n) is 13.4. The number of fused-ring (bicyclic) bond motifs is 1. The molecule has 0 fully saturated rings. The van der Waals surface area contributed by atoms with Crippen molar-refractivity contribution in [2.45, 2.75) is 39.1 Å². The predicted octanol–water partition coefficient (Wildman–Crippen LogP) is 5.86. The van der Waals surface area contributed by atoms with E-state index in [1.165, 1.54) is 27.8 Å². The van der Waals surface area contributed by atoms with Crippen LogP contribution in [0.4, 0.5) is 5.13 Å². The molecule has 218 valence electrons. The number of methoxy groups -OCH3 is 2. The Morgan fingerprint density at radius 3 is 2.12 bits per heavy atom. The zero-order valence-corrected chi connectivity index (χ0v) is 25.8. The molecule has 0 spiro atoms. The van der Waals surface area contributed by atoms with Crippen molar-refractivity contribution in [3.63, 3.8) is 0 Å². The van der Waals surface area contributed by atoms with Crippen LogP contribution in [0, 0.1) is 11.8 Å². The maximum Gasteiger partial charge on any atom is 0.260 e. The highest BCUT2D eigenvalue weighted by molar-refractivity contribution is 7.89. The van der Waals surface area contributed by atoms with E-state index in [0.717, 1.165) is 10.3 Å². The van der Waals surface area contributed by atoms with Gasteiger partial charge in [-0.25, -0.2) is 13.4 Å². The smallest absolute Gasteiger partial charge is 0.260 e. The van der Waals surface area contributed by atoms with Gasteiger partial charge in [-0.05, 0) is 59.9 Å². The van der Waals surface area contributed by atoms with Crippen LogP contribution in [-0.2, 0) is 16.6 Å². The fourth-order valence-corrected chi connectivity index (χ4v) is 7.29. The molecule has 2 heterocycles. The number of carbonyl (C=O) groups is 1. The molecule has 9 nitrogen and oxygen atoms in total. The van der Waals surface area contributed by atoms with Gasteiger partial charge in [0, 0.05) is 31.0 Å². The first kappa shape index (κ1) is 30.4. The summed E-state index contributed by atoms with van der Waals surface area (Å²) >= 11 is 1.32. The Morgan fingerprint density at radius 2 is 1.56 bits per heavy atom. The van der Waals surface area contributed by atoms with Gasteiger partial charge in [0.15, 0.2) is 5.13 Å². The first-order valence-corrected chi connectivity index (χ1v) is 15.6. The molecule has 4 rings (SSSR count). The number of amides is 1. The fraction of sp³-hybridized carbons (Fsp3) is 0.367. The van der Waals surface area contributed by atoms with Crippen LogP contribution in [0.25, 0.3) is 10.2 Å². The van der Waals surface area contributed by atoms with Gasteiger partial charge >= 0.3 is 0 Å². The third-order valence-corrected chi connectivity index (χ3v) is 9.25. The minimum absolute atomic E-state index is 0.156. The Bertz CT molecular complexity index is 1540. The molecule has 0 aliphatic heterocycles. The summed E-state index contributed by atoms with van der Waals surface area (Å²) in [7, 11) is -0.576. The third-order valence-electron chi connectivity index (χ3n) is 6.32. The minimum atomic E-state index is -3.73. The molecule has 0 saturated carbocycles. The number of anilines is 1. The number of sulfonamides is 1. The highest BCUT2D eigenvalue weighted by atomic mass is 32.2. The van der Waals surface area contributed by atoms with Gasteiger partial charge in [-0.1, -0.05) is 45.1 Å². The number of nitrogens with zero attached hydrogens (tertiary/aromatic N) is 4. The van der Waals surface area contributed by atoms with Crippen molar-refractivity contribution in [2.24, 2.45) is 11.8 Å². The molecule has 0 aliphatic carbocycles. The number of hydrogen-bond donors (Lipinski definition) is 0. The highest BCUT2D eigenvalue weighted by Crippen LogP contribution is 2.40. The van der Waals surface area contributed by atoms with E-state index < -0.39 is 10.0 Å². The number of hydrogen-bond acceptors (Lipinski definition) is 8. The highest BCUT2D eigenvalue weighted by Gasteiger charge is 2.28. The second kappa shape index (κ2) is 13.0. The van der Waals surface area contributed by atoms with Gasteiger partial charge in [-0.2, -0.15) is 4.31 Å². The van der Waals surface area contributed by atoms with E-state index in [4.69, 9.17) is 14.5 Å². The Balaban J connectivity index is 1.72. The summed E-state index contributed by atoms with van der Waals surface area (Å²) in [6.07, 6.45) is 3.37. The van der Waals surface area contributed by atoms with Crippen LogP contribution in [0.2, 0.25) is 0 Å². The molecular formula is C30H36N4O5S2. The van der Waals surface area contributed by atoms with Crippen LogP contribution in [0.1, 0.15) is 43.6 Å². The third kappa shape index (κ3) is 6.86. The Morgan fingerprint density at radius 1 is 0.927 bits per heavy atom. The van der Waals surface area contributed by atoms with Crippen LogP contribution in [0.5, 0.6) is 11.5 Å². The number of pyridine rings is 1. The molecule has 4 aromatic rings. The van der Waals surface area contributed by atoms with Crippen LogP contribution >= 0.6 is 11.3 Å². The van der Waals surface area contributed by atoms with Gasteiger partial charge < -0.3 is 9.47 Å². The van der Waals surface area contributed by atoms with E-state index in [9.17, 15) is 13.2 Å². The second-order valence-electron chi connectivity index (χ2n) is 10.5. The number of rotatable bonds is 12. The maximum absolute atomic E-state index is 14.0. The lowest BCUT2D eigenvalue weighted by Crippen LogP contribution is -2.37. The number of aromatic nitrogens is 2. The summed E-state index contributed by atoms with van der Waals surface area (Å²) in [5, 5.41) is 0.452. The average Bonchev–Trinajstić information content (AvgIpc) is 3.40. The Kier molecular flexibility index (Phi) is 9.62. The summed E-state index contributed by atoms with van der Waals surface area (Å²) in [5.41, 5.74) is 1.74. The number of benzene rings is 2. The second-order valence-corrected chi connectivity index (χ2v) is 13.4. The molecule has 2 aromatic heterocycles. The van der Waals surface area contributed by atoms with Gasteiger partial charge in [0.25, 0.3) is 5.91 Å². The molecule has 2 aromatic carbocycles. The van der Waals surface area contributed by atoms with E-state index >= 15 is 0 Å². The van der Waals surface area contributed by atoms with E-state index in [1.807, 2.05) is 39.8 Å². The van der Waals surface area contributed by atoms with Crippen LogP contribution in [0.3, 0.4) is 0 Å². The van der Waals surface area contributed by atoms with E-state index in [1.54, 1.807) is 55.8 Å².